The van der Waals surface area contributed by atoms with Crippen molar-refractivity contribution in [3.63, 3.8) is 0 Å². The third-order valence-corrected chi connectivity index (χ3v) is 4.44. The summed E-state index contributed by atoms with van der Waals surface area (Å²) in [6, 6.07) is 6.29. The molecule has 5 nitrogen and oxygen atoms in total. The highest BCUT2D eigenvalue weighted by Crippen LogP contribution is 2.47. The third-order valence-electron chi connectivity index (χ3n) is 4.44. The zero-order valence-electron chi connectivity index (χ0n) is 15.3. The normalized spacial score (nSPS) is 18.9. The Balaban J connectivity index is 1.74. The number of rotatable bonds is 5. The molecule has 0 spiro atoms. The fourth-order valence-corrected chi connectivity index (χ4v) is 2.83. The lowest BCUT2D eigenvalue weighted by Crippen LogP contribution is -2.14. The Morgan fingerprint density at radius 1 is 1.14 bits per heavy atom. The first-order chi connectivity index (χ1) is 13.1. The number of hydrogen-bond donors (Lipinski definition) is 2. The van der Waals surface area contributed by atoms with E-state index < -0.39 is 23.6 Å². The van der Waals surface area contributed by atoms with E-state index in [1.807, 2.05) is 6.07 Å². The maximum atomic E-state index is 12.9. The Hall–Kier alpha value is -3.03. The molecule has 1 aliphatic carbocycles. The van der Waals surface area contributed by atoms with E-state index >= 15 is 0 Å². The van der Waals surface area contributed by atoms with E-state index in [9.17, 15) is 22.8 Å². The maximum absolute atomic E-state index is 12.9. The average Bonchev–Trinajstić information content (AvgIpc) is 3.14. The van der Waals surface area contributed by atoms with Gasteiger partial charge in [-0.2, -0.15) is 13.2 Å². The predicted octanol–water partition coefficient (Wildman–Crippen LogP) is 5.03. The first kappa shape index (κ1) is 19.7. The van der Waals surface area contributed by atoms with E-state index in [0.717, 1.165) is 36.5 Å². The van der Waals surface area contributed by atoms with Crippen LogP contribution in [0.2, 0.25) is 0 Å². The molecule has 1 aromatic heterocycles. The second-order valence-corrected chi connectivity index (χ2v) is 6.82. The van der Waals surface area contributed by atoms with Crippen molar-refractivity contribution in [1.82, 2.24) is 0 Å². The van der Waals surface area contributed by atoms with Gasteiger partial charge in [0.05, 0.1) is 16.9 Å². The van der Waals surface area contributed by atoms with Crippen molar-refractivity contribution >= 4 is 29.3 Å². The number of furan rings is 1. The Bertz CT molecular complexity index is 931. The van der Waals surface area contributed by atoms with E-state index in [1.165, 1.54) is 13.0 Å². The number of carbonyl (C=O) groups is 2. The zero-order valence-corrected chi connectivity index (χ0v) is 15.3. The Kier molecular flexibility index (Phi) is 5.31. The highest BCUT2D eigenvalue weighted by molar-refractivity contribution is 6.05. The van der Waals surface area contributed by atoms with Gasteiger partial charge in [0.25, 0.3) is 0 Å². The summed E-state index contributed by atoms with van der Waals surface area (Å²) in [6.45, 7) is 3.34. The number of anilines is 2. The van der Waals surface area contributed by atoms with Crippen LogP contribution in [0.1, 0.15) is 43.3 Å². The van der Waals surface area contributed by atoms with E-state index in [0.29, 0.717) is 17.6 Å². The summed E-state index contributed by atoms with van der Waals surface area (Å²) in [5.74, 6) is 1.21. The number of benzene rings is 1. The number of hydrogen-bond acceptors (Lipinski definition) is 3. The van der Waals surface area contributed by atoms with Crippen LogP contribution in [0.5, 0.6) is 0 Å². The first-order valence-corrected chi connectivity index (χ1v) is 8.71. The lowest BCUT2D eigenvalue weighted by Gasteiger charge is -2.14. The number of nitrogens with one attached hydrogen (secondary N) is 2. The van der Waals surface area contributed by atoms with Crippen molar-refractivity contribution in [1.29, 1.82) is 0 Å². The summed E-state index contributed by atoms with van der Waals surface area (Å²) in [5, 5.41) is 4.76. The highest BCUT2D eigenvalue weighted by atomic mass is 19.4. The van der Waals surface area contributed by atoms with Crippen molar-refractivity contribution in [2.24, 2.45) is 5.92 Å². The third kappa shape index (κ3) is 4.82. The summed E-state index contributed by atoms with van der Waals surface area (Å²) < 4.78 is 44.5. The van der Waals surface area contributed by atoms with Crippen LogP contribution in [0.4, 0.5) is 24.5 Å². The first-order valence-electron chi connectivity index (χ1n) is 8.71. The van der Waals surface area contributed by atoms with E-state index in [4.69, 9.17) is 4.42 Å². The van der Waals surface area contributed by atoms with Gasteiger partial charge in [0.1, 0.15) is 11.5 Å². The van der Waals surface area contributed by atoms with Gasteiger partial charge >= 0.3 is 6.18 Å². The predicted molar refractivity (Wildman–Crippen MR) is 98.6 cm³/mol. The van der Waals surface area contributed by atoms with Crippen LogP contribution in [0.15, 0.2) is 40.8 Å². The summed E-state index contributed by atoms with van der Waals surface area (Å²) in [6.07, 6.45) is -0.901. The number of halogens is 3. The molecule has 3 rings (SSSR count). The molecule has 2 amide bonds. The number of carbonyl (C=O) groups excluding carboxylic acids is 2. The monoisotopic (exact) mass is 392 g/mol. The molecule has 148 valence electrons. The quantitative estimate of drug-likeness (QED) is 0.701. The van der Waals surface area contributed by atoms with Crippen molar-refractivity contribution in [3.05, 3.63) is 53.5 Å². The Morgan fingerprint density at radius 2 is 1.86 bits per heavy atom. The van der Waals surface area contributed by atoms with Crippen LogP contribution in [0.3, 0.4) is 0 Å². The molecule has 28 heavy (non-hydrogen) atoms. The molecule has 8 heteroatoms. The topological polar surface area (TPSA) is 71.3 Å². The van der Waals surface area contributed by atoms with Crippen LogP contribution < -0.4 is 10.6 Å². The molecular formula is C20H19F3N2O3. The molecule has 2 aromatic rings. The molecular weight excluding hydrogens is 373 g/mol. The van der Waals surface area contributed by atoms with Crippen LogP contribution >= 0.6 is 0 Å². The fourth-order valence-electron chi connectivity index (χ4n) is 2.83. The SMILES string of the molecule is CC(=O)Nc1ccc(C(F)(F)F)cc1NC(=O)/C=C/c1ccc(C2CC2C)o1. The minimum atomic E-state index is -4.57. The Morgan fingerprint density at radius 3 is 2.46 bits per heavy atom. The van der Waals surface area contributed by atoms with Crippen LogP contribution in [0.25, 0.3) is 6.08 Å². The van der Waals surface area contributed by atoms with Gasteiger partial charge in [-0.1, -0.05) is 6.92 Å². The molecule has 1 aromatic carbocycles. The summed E-state index contributed by atoms with van der Waals surface area (Å²) >= 11 is 0. The second-order valence-electron chi connectivity index (χ2n) is 6.82. The largest absolute Gasteiger partial charge is 0.461 e. The van der Waals surface area contributed by atoms with Gasteiger partial charge in [-0.05, 0) is 48.7 Å². The zero-order chi connectivity index (χ0) is 20.5. The van der Waals surface area contributed by atoms with E-state index in [-0.39, 0.29) is 11.4 Å². The summed E-state index contributed by atoms with van der Waals surface area (Å²) in [7, 11) is 0. The standard InChI is InChI=1S/C20H19F3N2O3/c1-11-9-15(11)18-7-4-14(28-18)5-8-19(27)25-17-10-13(20(21,22)23)3-6-16(17)24-12(2)26/h3-8,10-11,15H,9H2,1-2H3,(H,24,26)(H,25,27)/b8-5+. The minimum Gasteiger partial charge on any atom is -0.461 e. The fraction of sp³-hybridized carbons (Fsp3) is 0.300. The smallest absolute Gasteiger partial charge is 0.416 e. The molecule has 2 N–H and O–H groups in total. The van der Waals surface area contributed by atoms with Crippen molar-refractivity contribution in [2.45, 2.75) is 32.4 Å². The van der Waals surface area contributed by atoms with Gasteiger partial charge in [-0.15, -0.1) is 0 Å². The van der Waals surface area contributed by atoms with Crippen LogP contribution in [-0.2, 0) is 15.8 Å². The summed E-state index contributed by atoms with van der Waals surface area (Å²) in [5.41, 5.74) is -1.01. The molecule has 0 radical (unpaired) electrons. The van der Waals surface area contributed by atoms with Gasteiger partial charge in [-0.25, -0.2) is 0 Å². The summed E-state index contributed by atoms with van der Waals surface area (Å²) in [4.78, 5) is 23.4. The van der Waals surface area contributed by atoms with Gasteiger partial charge in [-0.3, -0.25) is 9.59 Å². The van der Waals surface area contributed by atoms with Crippen molar-refractivity contribution < 1.29 is 27.2 Å². The minimum absolute atomic E-state index is 0.0743. The molecule has 0 bridgehead atoms. The van der Waals surface area contributed by atoms with Crippen molar-refractivity contribution in [2.75, 3.05) is 10.6 Å². The van der Waals surface area contributed by atoms with E-state index in [1.54, 1.807) is 6.07 Å². The lowest BCUT2D eigenvalue weighted by molar-refractivity contribution is -0.137. The van der Waals surface area contributed by atoms with Gasteiger partial charge in [0.2, 0.25) is 11.8 Å². The molecule has 0 aliphatic heterocycles. The van der Waals surface area contributed by atoms with Crippen molar-refractivity contribution in [3.8, 4) is 0 Å². The lowest BCUT2D eigenvalue weighted by atomic mass is 10.1. The molecule has 0 saturated heterocycles. The van der Waals surface area contributed by atoms with Gasteiger partial charge in [0.15, 0.2) is 0 Å². The van der Waals surface area contributed by atoms with Crippen LogP contribution in [-0.4, -0.2) is 11.8 Å². The molecule has 1 saturated carbocycles. The number of amides is 2. The van der Waals surface area contributed by atoms with Gasteiger partial charge < -0.3 is 15.1 Å². The second kappa shape index (κ2) is 7.53. The molecule has 1 heterocycles. The average molecular weight is 392 g/mol. The van der Waals surface area contributed by atoms with Crippen LogP contribution in [0, 0.1) is 5.92 Å². The van der Waals surface area contributed by atoms with E-state index in [2.05, 4.69) is 17.6 Å². The highest BCUT2D eigenvalue weighted by Gasteiger charge is 2.36. The Labute approximate surface area is 159 Å². The van der Waals surface area contributed by atoms with Gasteiger partial charge in [0, 0.05) is 18.9 Å². The maximum Gasteiger partial charge on any atom is 0.416 e. The molecule has 1 aliphatic rings. The molecule has 2 atom stereocenters. The number of alkyl halides is 3. The molecule has 2 unspecified atom stereocenters. The molecule has 1 fully saturated rings.